The van der Waals surface area contributed by atoms with Crippen LogP contribution in [0.15, 0.2) is 76.9 Å². The molecule has 2 N–H and O–H groups in total. The van der Waals surface area contributed by atoms with Gasteiger partial charge in [-0.1, -0.05) is 47.5 Å². The molecule has 6 nitrogen and oxygen atoms in total. The summed E-state index contributed by atoms with van der Waals surface area (Å²) in [4.78, 5) is 14.7. The van der Waals surface area contributed by atoms with Gasteiger partial charge in [-0.15, -0.1) is 0 Å². The van der Waals surface area contributed by atoms with Crippen molar-refractivity contribution in [1.82, 2.24) is 4.90 Å². The average molecular weight is 510 g/mol. The third-order valence-electron chi connectivity index (χ3n) is 5.61. The lowest BCUT2D eigenvalue weighted by atomic mass is 9.80. The molecule has 2 aliphatic rings. The van der Waals surface area contributed by atoms with Crippen LogP contribution in [0.5, 0.6) is 0 Å². The summed E-state index contributed by atoms with van der Waals surface area (Å²) in [5, 5.41) is 11.1. The van der Waals surface area contributed by atoms with Crippen molar-refractivity contribution in [1.29, 1.82) is 5.26 Å². The molecule has 0 radical (unpaired) electrons. The lowest BCUT2D eigenvalue weighted by Gasteiger charge is -2.38. The topological polar surface area (TPSA) is 88.6 Å². The zero-order chi connectivity index (χ0) is 25.3. The number of nitriles is 1. The number of halogens is 2. The summed E-state index contributed by atoms with van der Waals surface area (Å²) in [5.41, 5.74) is 9.03. The lowest BCUT2D eigenvalue weighted by Crippen LogP contribution is -2.43. The van der Waals surface area contributed by atoms with Crippen LogP contribution in [0.25, 0.3) is 6.08 Å². The molecule has 2 aromatic rings. The lowest BCUT2D eigenvalue weighted by molar-refractivity contribution is 0.0267. The summed E-state index contributed by atoms with van der Waals surface area (Å²) in [6.07, 6.45) is 1.47. The number of rotatable bonds is 2. The fourth-order valence-corrected chi connectivity index (χ4v) is 4.37. The first-order valence-electron chi connectivity index (χ1n) is 11.1. The van der Waals surface area contributed by atoms with Gasteiger partial charge in [0.05, 0.1) is 19.0 Å². The zero-order valence-corrected chi connectivity index (χ0v) is 21.2. The predicted molar refractivity (Wildman–Crippen MR) is 136 cm³/mol. The quantitative estimate of drug-likeness (QED) is 0.506. The maximum absolute atomic E-state index is 13.1. The molecule has 8 heteroatoms. The second kappa shape index (κ2) is 9.69. The molecule has 2 heterocycles. The Morgan fingerprint density at radius 2 is 1.71 bits per heavy atom. The van der Waals surface area contributed by atoms with Gasteiger partial charge in [-0.05, 0) is 62.2 Å². The molecular formula is C27H25Cl2N3O3. The molecule has 0 spiro atoms. The monoisotopic (exact) mass is 509 g/mol. The maximum atomic E-state index is 13.1. The van der Waals surface area contributed by atoms with Crippen molar-refractivity contribution in [3.8, 4) is 6.07 Å². The van der Waals surface area contributed by atoms with Crippen LogP contribution in [0.3, 0.4) is 0 Å². The van der Waals surface area contributed by atoms with Crippen molar-refractivity contribution in [2.24, 2.45) is 5.73 Å². The highest BCUT2D eigenvalue weighted by Gasteiger charge is 2.39. The van der Waals surface area contributed by atoms with Crippen LogP contribution in [0.2, 0.25) is 10.0 Å². The maximum Gasteiger partial charge on any atom is 0.410 e. The van der Waals surface area contributed by atoms with E-state index >= 15 is 0 Å². The van der Waals surface area contributed by atoms with Gasteiger partial charge in [-0.2, -0.15) is 5.26 Å². The van der Waals surface area contributed by atoms with Crippen LogP contribution in [0.1, 0.15) is 37.8 Å². The van der Waals surface area contributed by atoms with Gasteiger partial charge >= 0.3 is 6.09 Å². The molecule has 0 bridgehead atoms. The number of carbonyl (C=O) groups excluding carboxylic acids is 1. The molecule has 1 amide bonds. The van der Waals surface area contributed by atoms with Gasteiger partial charge in [0, 0.05) is 21.2 Å². The number of hydrogen-bond acceptors (Lipinski definition) is 5. The standard InChI is InChI=1S/C27H25Cl2N3O3/c1-27(2,3)35-26(33)32-14-18(12-16-4-8-19(28)9-5-16)24-22(15-32)23(21(13-30)25(31)34-24)17-6-10-20(29)11-7-17/h4-12,23H,14-15,31H2,1-3H3. The molecule has 2 aromatic carbocycles. The minimum absolute atomic E-state index is 0.0407. The summed E-state index contributed by atoms with van der Waals surface area (Å²) in [6.45, 7) is 5.93. The highest BCUT2D eigenvalue weighted by molar-refractivity contribution is 6.30. The summed E-state index contributed by atoms with van der Waals surface area (Å²) in [7, 11) is 0. The Hall–Kier alpha value is -3.40. The summed E-state index contributed by atoms with van der Waals surface area (Å²) < 4.78 is 11.7. The number of ether oxygens (including phenoxy) is 2. The Labute approximate surface area is 214 Å². The summed E-state index contributed by atoms with van der Waals surface area (Å²) in [6, 6.07) is 16.7. The normalized spacial score (nSPS) is 19.3. The van der Waals surface area contributed by atoms with Crippen molar-refractivity contribution in [3.63, 3.8) is 0 Å². The van der Waals surface area contributed by atoms with E-state index in [1.807, 2.05) is 51.1 Å². The van der Waals surface area contributed by atoms with E-state index in [1.54, 1.807) is 29.2 Å². The van der Waals surface area contributed by atoms with Crippen molar-refractivity contribution in [2.45, 2.75) is 32.3 Å². The van der Waals surface area contributed by atoms with Crippen LogP contribution >= 0.6 is 23.2 Å². The minimum atomic E-state index is -0.660. The van der Waals surface area contributed by atoms with E-state index in [1.165, 1.54) is 0 Å². The molecular weight excluding hydrogens is 485 g/mol. The third kappa shape index (κ3) is 5.48. The Balaban J connectivity index is 1.86. The molecule has 4 rings (SSSR count). The SMILES string of the molecule is CC(C)(C)OC(=O)N1CC(=Cc2ccc(Cl)cc2)C2=C(C1)C(c1ccc(Cl)cc1)C(C#N)=C(N)O2. The smallest absolute Gasteiger partial charge is 0.410 e. The van der Waals surface area contributed by atoms with Crippen LogP contribution in [-0.4, -0.2) is 29.7 Å². The Kier molecular flexibility index (Phi) is 6.84. The van der Waals surface area contributed by atoms with Gasteiger partial charge in [-0.3, -0.25) is 4.90 Å². The highest BCUT2D eigenvalue weighted by atomic mass is 35.5. The Bertz CT molecular complexity index is 1280. The average Bonchev–Trinajstić information content (AvgIpc) is 2.79. The predicted octanol–water partition coefficient (Wildman–Crippen LogP) is 6.39. The molecule has 0 saturated heterocycles. The largest absolute Gasteiger partial charge is 0.444 e. The van der Waals surface area contributed by atoms with E-state index in [2.05, 4.69) is 6.07 Å². The molecule has 180 valence electrons. The van der Waals surface area contributed by atoms with Crippen LogP contribution in [0.4, 0.5) is 4.79 Å². The molecule has 0 aliphatic carbocycles. The molecule has 0 fully saturated rings. The van der Waals surface area contributed by atoms with Gasteiger partial charge in [0.2, 0.25) is 5.88 Å². The van der Waals surface area contributed by atoms with E-state index in [0.717, 1.165) is 22.3 Å². The van der Waals surface area contributed by atoms with E-state index in [-0.39, 0.29) is 24.5 Å². The number of benzene rings is 2. The highest BCUT2D eigenvalue weighted by Crippen LogP contribution is 2.44. The molecule has 0 aromatic heterocycles. The van der Waals surface area contributed by atoms with Gasteiger partial charge in [0.25, 0.3) is 0 Å². The van der Waals surface area contributed by atoms with E-state index in [0.29, 0.717) is 15.8 Å². The van der Waals surface area contributed by atoms with Crippen LogP contribution < -0.4 is 5.73 Å². The van der Waals surface area contributed by atoms with Crippen molar-refractivity contribution in [3.05, 3.63) is 98.1 Å². The Morgan fingerprint density at radius 3 is 2.29 bits per heavy atom. The molecule has 0 saturated carbocycles. The summed E-state index contributed by atoms with van der Waals surface area (Å²) >= 11 is 12.2. The zero-order valence-electron chi connectivity index (χ0n) is 19.6. The molecule has 1 atom stereocenters. The number of nitrogens with zero attached hydrogens (tertiary/aromatic N) is 2. The number of amides is 1. The number of nitrogens with two attached hydrogens (primary N) is 1. The first-order chi connectivity index (χ1) is 16.6. The first kappa shape index (κ1) is 24.7. The van der Waals surface area contributed by atoms with Crippen molar-refractivity contribution in [2.75, 3.05) is 13.1 Å². The van der Waals surface area contributed by atoms with Gasteiger partial charge in [0.1, 0.15) is 23.0 Å². The van der Waals surface area contributed by atoms with Crippen molar-refractivity contribution >= 4 is 35.4 Å². The van der Waals surface area contributed by atoms with Crippen molar-refractivity contribution < 1.29 is 14.3 Å². The second-order valence-electron chi connectivity index (χ2n) is 9.39. The first-order valence-corrected chi connectivity index (χ1v) is 11.8. The van der Waals surface area contributed by atoms with Gasteiger partial charge < -0.3 is 15.2 Å². The number of hydrogen-bond donors (Lipinski definition) is 1. The fraction of sp³-hybridized carbons (Fsp3) is 0.259. The Morgan fingerprint density at radius 1 is 1.11 bits per heavy atom. The van der Waals surface area contributed by atoms with E-state index in [9.17, 15) is 10.1 Å². The number of carbonyl (C=O) groups is 1. The third-order valence-corrected chi connectivity index (χ3v) is 6.11. The van der Waals surface area contributed by atoms with Gasteiger partial charge in [0.15, 0.2) is 0 Å². The minimum Gasteiger partial charge on any atom is -0.444 e. The van der Waals surface area contributed by atoms with Crippen LogP contribution in [-0.2, 0) is 9.47 Å². The molecule has 1 unspecified atom stereocenters. The van der Waals surface area contributed by atoms with E-state index < -0.39 is 17.6 Å². The van der Waals surface area contributed by atoms with E-state index in [4.69, 9.17) is 38.4 Å². The number of allylic oxidation sites excluding steroid dienone is 1. The van der Waals surface area contributed by atoms with Crippen LogP contribution in [0, 0.1) is 11.3 Å². The molecule has 35 heavy (non-hydrogen) atoms. The fourth-order valence-electron chi connectivity index (χ4n) is 4.12. The second-order valence-corrected chi connectivity index (χ2v) is 10.3. The summed E-state index contributed by atoms with van der Waals surface area (Å²) in [5.74, 6) is 0.0926. The van der Waals surface area contributed by atoms with Gasteiger partial charge in [-0.25, -0.2) is 4.79 Å². The molecule has 2 aliphatic heterocycles.